The maximum atomic E-state index is 6.01. The van der Waals surface area contributed by atoms with Crippen molar-refractivity contribution in [2.45, 2.75) is 38.6 Å². The van der Waals surface area contributed by atoms with Crippen molar-refractivity contribution in [3.8, 4) is 0 Å². The third-order valence-electron chi connectivity index (χ3n) is 4.29. The van der Waals surface area contributed by atoms with E-state index in [1.165, 1.54) is 29.1 Å². The van der Waals surface area contributed by atoms with Gasteiger partial charge in [0.25, 0.3) is 0 Å². The molecule has 1 aliphatic rings. The number of thioether (sulfide) groups is 1. The lowest BCUT2D eigenvalue weighted by molar-refractivity contribution is 0.323. The van der Waals surface area contributed by atoms with Crippen LogP contribution in [0.2, 0.25) is 0 Å². The Bertz CT molecular complexity index is 419. The molecule has 0 bridgehead atoms. The number of piperidine rings is 1. The molecule has 106 valence electrons. The van der Waals surface area contributed by atoms with Crippen LogP contribution in [0.4, 0.5) is 5.69 Å². The molecule has 2 unspecified atom stereocenters. The highest BCUT2D eigenvalue weighted by molar-refractivity contribution is 7.99. The van der Waals surface area contributed by atoms with E-state index in [9.17, 15) is 0 Å². The Morgan fingerprint density at radius 3 is 2.74 bits per heavy atom. The van der Waals surface area contributed by atoms with Gasteiger partial charge in [-0.2, -0.15) is 0 Å². The number of hydrogen-bond acceptors (Lipinski definition) is 3. The Morgan fingerprint density at radius 1 is 1.32 bits per heavy atom. The van der Waals surface area contributed by atoms with Crippen molar-refractivity contribution in [2.75, 3.05) is 23.7 Å². The summed E-state index contributed by atoms with van der Waals surface area (Å²) in [5.74, 6) is 2.71. The van der Waals surface area contributed by atoms with Gasteiger partial charge in [0.05, 0.1) is 0 Å². The summed E-state index contributed by atoms with van der Waals surface area (Å²) in [6.45, 7) is 9.90. The number of nitrogens with two attached hydrogens (primary N) is 1. The van der Waals surface area contributed by atoms with Crippen LogP contribution >= 0.6 is 11.8 Å². The number of benzene rings is 1. The van der Waals surface area contributed by atoms with Crippen LogP contribution in [-0.4, -0.2) is 18.8 Å². The maximum absolute atomic E-state index is 6.01. The molecular weight excluding hydrogens is 252 g/mol. The van der Waals surface area contributed by atoms with E-state index >= 15 is 0 Å². The lowest BCUT2D eigenvalue weighted by Crippen LogP contribution is -2.39. The van der Waals surface area contributed by atoms with Gasteiger partial charge in [-0.3, -0.25) is 0 Å². The molecule has 1 heterocycles. The second kappa shape index (κ2) is 6.67. The molecule has 0 amide bonds. The van der Waals surface area contributed by atoms with Crippen molar-refractivity contribution < 1.29 is 0 Å². The first-order valence-corrected chi connectivity index (χ1v) is 8.35. The van der Waals surface area contributed by atoms with Crippen LogP contribution < -0.4 is 10.6 Å². The van der Waals surface area contributed by atoms with Gasteiger partial charge in [-0.1, -0.05) is 26.8 Å². The fraction of sp³-hybridized carbons (Fsp3) is 0.625. The SMILES string of the molecule is CCSc1cccc(N2CCC(C)C(C)C2)c1CN. The smallest absolute Gasteiger partial charge is 0.0423 e. The Labute approximate surface area is 121 Å². The lowest BCUT2D eigenvalue weighted by atomic mass is 9.88. The van der Waals surface area contributed by atoms with Gasteiger partial charge < -0.3 is 10.6 Å². The first-order valence-electron chi connectivity index (χ1n) is 7.37. The summed E-state index contributed by atoms with van der Waals surface area (Å²) in [5, 5.41) is 0. The number of nitrogens with zero attached hydrogens (tertiary/aromatic N) is 1. The van der Waals surface area contributed by atoms with Crippen LogP contribution in [0.15, 0.2) is 23.1 Å². The van der Waals surface area contributed by atoms with Gasteiger partial charge in [-0.05, 0) is 36.1 Å². The normalized spacial score (nSPS) is 23.7. The minimum Gasteiger partial charge on any atom is -0.371 e. The first kappa shape index (κ1) is 14.7. The molecule has 1 saturated heterocycles. The zero-order chi connectivity index (χ0) is 13.8. The topological polar surface area (TPSA) is 29.3 Å². The predicted molar refractivity (Wildman–Crippen MR) is 85.9 cm³/mol. The first-order chi connectivity index (χ1) is 9.17. The zero-order valence-electron chi connectivity index (χ0n) is 12.4. The zero-order valence-corrected chi connectivity index (χ0v) is 13.2. The number of anilines is 1. The van der Waals surface area contributed by atoms with Crippen molar-refractivity contribution in [1.29, 1.82) is 0 Å². The van der Waals surface area contributed by atoms with E-state index in [0.717, 1.165) is 24.1 Å². The minimum absolute atomic E-state index is 0.638. The van der Waals surface area contributed by atoms with Gasteiger partial charge in [0.2, 0.25) is 0 Å². The summed E-state index contributed by atoms with van der Waals surface area (Å²) < 4.78 is 0. The molecule has 0 saturated carbocycles. The van der Waals surface area contributed by atoms with Gasteiger partial charge in [0, 0.05) is 35.8 Å². The second-order valence-corrected chi connectivity index (χ2v) is 6.89. The van der Waals surface area contributed by atoms with Crippen LogP contribution in [0.25, 0.3) is 0 Å². The third kappa shape index (κ3) is 3.26. The van der Waals surface area contributed by atoms with Gasteiger partial charge in [-0.15, -0.1) is 11.8 Å². The van der Waals surface area contributed by atoms with E-state index in [1.807, 2.05) is 11.8 Å². The molecule has 19 heavy (non-hydrogen) atoms. The Morgan fingerprint density at radius 2 is 2.11 bits per heavy atom. The molecule has 1 aromatic rings. The summed E-state index contributed by atoms with van der Waals surface area (Å²) in [6.07, 6.45) is 1.29. The summed E-state index contributed by atoms with van der Waals surface area (Å²) >= 11 is 1.90. The van der Waals surface area contributed by atoms with E-state index in [4.69, 9.17) is 5.73 Å². The van der Waals surface area contributed by atoms with E-state index in [-0.39, 0.29) is 0 Å². The monoisotopic (exact) mass is 278 g/mol. The molecule has 1 aliphatic heterocycles. The van der Waals surface area contributed by atoms with Crippen molar-refractivity contribution >= 4 is 17.4 Å². The van der Waals surface area contributed by atoms with E-state index in [1.54, 1.807) is 0 Å². The predicted octanol–water partition coefficient (Wildman–Crippen LogP) is 3.74. The molecule has 1 aromatic carbocycles. The third-order valence-corrected chi connectivity index (χ3v) is 5.27. The van der Waals surface area contributed by atoms with Crippen molar-refractivity contribution in [3.05, 3.63) is 23.8 Å². The molecule has 2 rings (SSSR count). The highest BCUT2D eigenvalue weighted by atomic mass is 32.2. The molecule has 0 aliphatic carbocycles. The van der Waals surface area contributed by atoms with Crippen molar-refractivity contribution in [2.24, 2.45) is 17.6 Å². The Kier molecular flexibility index (Phi) is 5.17. The summed E-state index contributed by atoms with van der Waals surface area (Å²) in [4.78, 5) is 3.89. The van der Waals surface area contributed by atoms with Crippen LogP contribution in [0, 0.1) is 11.8 Å². The van der Waals surface area contributed by atoms with Crippen LogP contribution in [0.5, 0.6) is 0 Å². The maximum Gasteiger partial charge on any atom is 0.0423 e. The molecule has 1 fully saturated rings. The summed E-state index contributed by atoms with van der Waals surface area (Å²) in [6, 6.07) is 6.62. The van der Waals surface area contributed by atoms with Crippen molar-refractivity contribution in [3.63, 3.8) is 0 Å². The van der Waals surface area contributed by atoms with Gasteiger partial charge >= 0.3 is 0 Å². The molecule has 0 radical (unpaired) electrons. The minimum atomic E-state index is 0.638. The molecular formula is C16H26N2S. The van der Waals surface area contributed by atoms with E-state index in [2.05, 4.69) is 43.9 Å². The van der Waals surface area contributed by atoms with E-state index < -0.39 is 0 Å². The molecule has 3 heteroatoms. The lowest BCUT2D eigenvalue weighted by Gasteiger charge is -2.38. The molecule has 0 aromatic heterocycles. The number of hydrogen-bond donors (Lipinski definition) is 1. The van der Waals surface area contributed by atoms with Gasteiger partial charge in [0.1, 0.15) is 0 Å². The van der Waals surface area contributed by atoms with Crippen LogP contribution in [-0.2, 0) is 6.54 Å². The Balaban J connectivity index is 2.26. The average Bonchev–Trinajstić information content (AvgIpc) is 2.42. The summed E-state index contributed by atoms with van der Waals surface area (Å²) in [5.41, 5.74) is 8.70. The molecule has 2 nitrogen and oxygen atoms in total. The van der Waals surface area contributed by atoms with Crippen molar-refractivity contribution in [1.82, 2.24) is 0 Å². The second-order valence-electron chi connectivity index (χ2n) is 5.58. The fourth-order valence-electron chi connectivity index (χ4n) is 2.83. The Hall–Kier alpha value is -0.670. The average molecular weight is 278 g/mol. The fourth-order valence-corrected chi connectivity index (χ4v) is 3.68. The highest BCUT2D eigenvalue weighted by Crippen LogP contribution is 2.34. The van der Waals surface area contributed by atoms with Gasteiger partial charge in [0.15, 0.2) is 0 Å². The van der Waals surface area contributed by atoms with Crippen LogP contribution in [0.3, 0.4) is 0 Å². The molecule has 2 atom stereocenters. The summed E-state index contributed by atoms with van der Waals surface area (Å²) in [7, 11) is 0. The number of rotatable bonds is 4. The molecule has 0 spiro atoms. The van der Waals surface area contributed by atoms with Gasteiger partial charge in [-0.25, -0.2) is 0 Å². The van der Waals surface area contributed by atoms with E-state index in [0.29, 0.717) is 6.54 Å². The van der Waals surface area contributed by atoms with Crippen LogP contribution in [0.1, 0.15) is 32.8 Å². The highest BCUT2D eigenvalue weighted by Gasteiger charge is 2.24. The standard InChI is InChI=1S/C16H26N2S/c1-4-19-16-7-5-6-15(14(16)10-17)18-9-8-12(2)13(3)11-18/h5-7,12-13H,4,8-11,17H2,1-3H3. The molecule has 2 N–H and O–H groups in total. The largest absolute Gasteiger partial charge is 0.371 e. The quantitative estimate of drug-likeness (QED) is 0.851.